The highest BCUT2D eigenvalue weighted by Crippen LogP contribution is 2.36. The second kappa shape index (κ2) is 9.00. The van der Waals surface area contributed by atoms with Gasteiger partial charge in [0.2, 0.25) is 0 Å². The van der Waals surface area contributed by atoms with Crippen LogP contribution in [0.1, 0.15) is 23.3 Å². The number of hydrogen-bond acceptors (Lipinski definition) is 8. The molecule has 0 bridgehead atoms. The molecule has 1 aromatic carbocycles. The lowest BCUT2D eigenvalue weighted by molar-refractivity contribution is -0.0515. The van der Waals surface area contributed by atoms with Crippen molar-refractivity contribution in [2.75, 3.05) is 13.7 Å². The quantitative estimate of drug-likeness (QED) is 0.358. The molecule has 4 aromatic rings. The van der Waals surface area contributed by atoms with E-state index in [4.69, 9.17) is 4.74 Å². The first-order valence-corrected chi connectivity index (χ1v) is 10.5. The van der Waals surface area contributed by atoms with Crippen LogP contribution in [-0.2, 0) is 4.74 Å². The third-order valence-corrected chi connectivity index (χ3v) is 5.28. The van der Waals surface area contributed by atoms with Crippen LogP contribution in [-0.4, -0.2) is 50.9 Å². The number of alkyl halides is 2. The third kappa shape index (κ3) is 4.49. The van der Waals surface area contributed by atoms with Crippen LogP contribution in [0.3, 0.4) is 0 Å². The molecule has 0 unspecified atom stereocenters. The maximum Gasteiger partial charge on any atom is 0.387 e. The molecule has 1 fully saturated rings. The summed E-state index contributed by atoms with van der Waals surface area (Å²) in [6.45, 7) is -2.52. The average Bonchev–Trinajstić information content (AvgIpc) is 3.58. The van der Waals surface area contributed by atoms with Gasteiger partial charge in [0.1, 0.15) is 5.69 Å². The van der Waals surface area contributed by atoms with E-state index in [0.717, 1.165) is 12.8 Å². The molecule has 0 aliphatic heterocycles. The first-order chi connectivity index (χ1) is 16.5. The number of esters is 1. The average molecular weight is 467 g/mol. The number of halogens is 2. The van der Waals surface area contributed by atoms with Crippen LogP contribution in [0.25, 0.3) is 28.4 Å². The summed E-state index contributed by atoms with van der Waals surface area (Å²) in [5, 5.41) is 4.53. The van der Waals surface area contributed by atoms with E-state index in [1.165, 1.54) is 30.0 Å². The number of benzene rings is 1. The number of methoxy groups -OCH3 is 1. The Bertz CT molecular complexity index is 1340. The minimum absolute atomic E-state index is 0.0271. The molecule has 0 N–H and O–H groups in total. The maximum absolute atomic E-state index is 12.9. The molecule has 1 aliphatic rings. The van der Waals surface area contributed by atoms with Crippen molar-refractivity contribution >= 4 is 11.7 Å². The van der Waals surface area contributed by atoms with Crippen molar-refractivity contribution in [1.29, 1.82) is 0 Å². The molecular weight excluding hydrogens is 448 g/mol. The number of nitrogens with zero attached hydrogens (tertiary/aromatic N) is 5. The third-order valence-electron chi connectivity index (χ3n) is 5.28. The monoisotopic (exact) mass is 467 g/mol. The van der Waals surface area contributed by atoms with Gasteiger partial charge in [0.05, 0.1) is 19.4 Å². The number of rotatable bonds is 8. The molecule has 3 heterocycles. The van der Waals surface area contributed by atoms with Crippen LogP contribution >= 0.6 is 0 Å². The first kappa shape index (κ1) is 21.7. The highest BCUT2D eigenvalue weighted by atomic mass is 19.3. The van der Waals surface area contributed by atoms with E-state index in [1.807, 2.05) is 0 Å². The number of carbonyl (C=O) groups is 1. The molecule has 1 saturated carbocycles. The van der Waals surface area contributed by atoms with E-state index < -0.39 is 12.6 Å². The lowest BCUT2D eigenvalue weighted by Crippen LogP contribution is -2.06. The number of fused-ring (bicyclic) bond motifs is 1. The van der Waals surface area contributed by atoms with Gasteiger partial charge in [0.25, 0.3) is 5.78 Å². The van der Waals surface area contributed by atoms with Gasteiger partial charge in [-0.3, -0.25) is 0 Å². The Balaban J connectivity index is 1.50. The highest BCUT2D eigenvalue weighted by Gasteiger charge is 2.23. The predicted octanol–water partition coefficient (Wildman–Crippen LogP) is 4.03. The number of carbonyl (C=O) groups excluding carboxylic acids is 1. The molecule has 9 nitrogen and oxygen atoms in total. The lowest BCUT2D eigenvalue weighted by atomic mass is 10.1. The fraction of sp³-hybridized carbons (Fsp3) is 0.261. The van der Waals surface area contributed by atoms with Crippen LogP contribution in [0.2, 0.25) is 0 Å². The van der Waals surface area contributed by atoms with Crippen molar-refractivity contribution < 1.29 is 27.8 Å². The molecule has 0 radical (unpaired) electrons. The van der Waals surface area contributed by atoms with E-state index >= 15 is 0 Å². The summed E-state index contributed by atoms with van der Waals surface area (Å²) in [6, 6.07) is 9.65. The Morgan fingerprint density at radius 1 is 1.12 bits per heavy atom. The second-order valence-electron chi connectivity index (χ2n) is 7.70. The molecule has 34 heavy (non-hydrogen) atoms. The smallest absolute Gasteiger partial charge is 0.387 e. The van der Waals surface area contributed by atoms with Crippen LogP contribution in [0.4, 0.5) is 8.78 Å². The second-order valence-corrected chi connectivity index (χ2v) is 7.70. The number of pyridine rings is 1. The lowest BCUT2D eigenvalue weighted by Gasteiger charge is -2.14. The van der Waals surface area contributed by atoms with Crippen molar-refractivity contribution in [3.8, 4) is 34.1 Å². The summed E-state index contributed by atoms with van der Waals surface area (Å²) < 4.78 is 42.3. The van der Waals surface area contributed by atoms with Gasteiger partial charge in [-0.1, -0.05) is 0 Å². The Labute approximate surface area is 192 Å². The van der Waals surface area contributed by atoms with Gasteiger partial charge >= 0.3 is 12.6 Å². The fourth-order valence-electron chi connectivity index (χ4n) is 3.35. The van der Waals surface area contributed by atoms with Crippen molar-refractivity contribution in [2.45, 2.75) is 19.5 Å². The molecule has 174 valence electrons. The molecule has 5 rings (SSSR count). The summed E-state index contributed by atoms with van der Waals surface area (Å²) in [5.74, 6) is 0.785. The van der Waals surface area contributed by atoms with E-state index in [2.05, 4.69) is 29.5 Å². The van der Waals surface area contributed by atoms with Crippen LogP contribution in [0.5, 0.6) is 11.5 Å². The van der Waals surface area contributed by atoms with Crippen LogP contribution in [0.15, 0.2) is 48.8 Å². The zero-order valence-electron chi connectivity index (χ0n) is 18.0. The van der Waals surface area contributed by atoms with Crippen LogP contribution in [0, 0.1) is 5.92 Å². The van der Waals surface area contributed by atoms with E-state index in [-0.39, 0.29) is 17.2 Å². The standard InChI is InChI=1S/C23H19F2N5O4/c1-32-21(31)16-6-4-15(11-27-16)20-28-23-26-9-8-17(30(23)29-20)14-5-7-18(34-22(24)25)19(10-14)33-12-13-2-3-13/h4-11,13,22H,2-3,12H2,1H3. The topological polar surface area (TPSA) is 101 Å². The van der Waals surface area contributed by atoms with Crippen molar-refractivity contribution in [2.24, 2.45) is 5.92 Å². The molecule has 3 aromatic heterocycles. The predicted molar refractivity (Wildman–Crippen MR) is 116 cm³/mol. The minimum atomic E-state index is -2.96. The normalized spacial score (nSPS) is 13.3. The molecule has 1 aliphatic carbocycles. The van der Waals surface area contributed by atoms with Gasteiger partial charge in [0.15, 0.2) is 17.3 Å². The highest BCUT2D eigenvalue weighted by molar-refractivity contribution is 5.87. The van der Waals surface area contributed by atoms with Crippen molar-refractivity contribution in [3.05, 3.63) is 54.5 Å². The SMILES string of the molecule is COC(=O)c1ccc(-c2nc3nccc(-c4ccc(OC(F)F)c(OCC5CC5)c4)n3n2)cn1. The minimum Gasteiger partial charge on any atom is -0.489 e. The molecule has 11 heteroatoms. The summed E-state index contributed by atoms with van der Waals surface area (Å²) in [5.41, 5.74) is 2.04. The number of hydrogen-bond donors (Lipinski definition) is 0. The number of aromatic nitrogens is 5. The molecular formula is C23H19F2N5O4. The Morgan fingerprint density at radius 3 is 2.65 bits per heavy atom. The van der Waals surface area contributed by atoms with Gasteiger partial charge in [-0.25, -0.2) is 14.8 Å². The van der Waals surface area contributed by atoms with Crippen molar-refractivity contribution in [3.63, 3.8) is 0 Å². The maximum atomic E-state index is 12.9. The zero-order valence-corrected chi connectivity index (χ0v) is 18.0. The Hall–Kier alpha value is -4.15. The van der Waals surface area contributed by atoms with Gasteiger partial charge in [-0.2, -0.15) is 18.3 Å². The first-order valence-electron chi connectivity index (χ1n) is 10.5. The summed E-state index contributed by atoms with van der Waals surface area (Å²) in [4.78, 5) is 24.4. The summed E-state index contributed by atoms with van der Waals surface area (Å²) in [6.07, 6.45) is 5.18. The van der Waals surface area contributed by atoms with E-state index in [1.54, 1.807) is 30.5 Å². The van der Waals surface area contributed by atoms with Gasteiger partial charge in [0, 0.05) is 23.5 Å². The van der Waals surface area contributed by atoms with Crippen molar-refractivity contribution in [1.82, 2.24) is 24.6 Å². The Morgan fingerprint density at radius 2 is 1.94 bits per heavy atom. The molecule has 0 saturated heterocycles. The van der Waals surface area contributed by atoms with Crippen LogP contribution < -0.4 is 9.47 Å². The van der Waals surface area contributed by atoms with E-state index in [0.29, 0.717) is 40.9 Å². The molecule has 0 atom stereocenters. The van der Waals surface area contributed by atoms with Gasteiger partial charge in [-0.15, -0.1) is 5.10 Å². The molecule has 0 spiro atoms. The largest absolute Gasteiger partial charge is 0.489 e. The Kier molecular flexibility index (Phi) is 5.74. The van der Waals surface area contributed by atoms with Gasteiger partial charge < -0.3 is 14.2 Å². The van der Waals surface area contributed by atoms with Gasteiger partial charge in [-0.05, 0) is 55.2 Å². The van der Waals surface area contributed by atoms with E-state index in [9.17, 15) is 13.6 Å². The molecule has 0 amide bonds. The summed E-state index contributed by atoms with van der Waals surface area (Å²) in [7, 11) is 1.28. The fourth-order valence-corrected chi connectivity index (χ4v) is 3.35. The summed E-state index contributed by atoms with van der Waals surface area (Å²) >= 11 is 0. The number of ether oxygens (including phenoxy) is 3. The zero-order chi connectivity index (χ0) is 23.7.